The molecule has 0 aliphatic rings. The number of rotatable bonds is 6. The molecular formula is C14H21Cl2N5O. The van der Waals surface area contributed by atoms with Crippen molar-refractivity contribution in [2.45, 2.75) is 19.9 Å². The van der Waals surface area contributed by atoms with Gasteiger partial charge in [-0.25, -0.2) is 0 Å². The highest BCUT2D eigenvalue weighted by atomic mass is 35.5. The van der Waals surface area contributed by atoms with E-state index in [9.17, 15) is 4.79 Å². The van der Waals surface area contributed by atoms with Crippen LogP contribution < -0.4 is 10.6 Å². The third kappa shape index (κ3) is 5.29. The number of carbonyl (C=O) groups excluding carboxylic acids is 1. The number of aryl methyl sites for hydroxylation is 1. The van der Waals surface area contributed by atoms with Gasteiger partial charge in [0, 0.05) is 30.8 Å². The summed E-state index contributed by atoms with van der Waals surface area (Å²) >= 11 is 0. The molecular weight excluding hydrogens is 325 g/mol. The summed E-state index contributed by atoms with van der Waals surface area (Å²) in [6.45, 7) is 3.51. The van der Waals surface area contributed by atoms with E-state index >= 15 is 0 Å². The van der Waals surface area contributed by atoms with Gasteiger partial charge < -0.3 is 15.2 Å². The Morgan fingerprint density at radius 3 is 2.77 bits per heavy atom. The van der Waals surface area contributed by atoms with Crippen molar-refractivity contribution in [2.75, 3.05) is 18.9 Å². The van der Waals surface area contributed by atoms with Gasteiger partial charge in [-0.3, -0.25) is 4.79 Å². The second-order valence-corrected chi connectivity index (χ2v) is 4.42. The first kappa shape index (κ1) is 20.4. The van der Waals surface area contributed by atoms with Crippen LogP contribution in [-0.2, 0) is 11.3 Å². The van der Waals surface area contributed by atoms with Gasteiger partial charge in [0.2, 0.25) is 5.91 Å². The molecule has 1 aromatic heterocycles. The molecule has 2 rings (SSSR count). The standard InChI is InChI=1S/C14H19N5O.2ClH/c1-3-19-10-16-18-14(19)11-5-4-6-12(9-11)17-13(20)7-8-15-2;;/h4-6,9-10,15H,3,7-8H2,1-2H3,(H,17,20);2*1H. The average molecular weight is 346 g/mol. The monoisotopic (exact) mass is 345 g/mol. The van der Waals surface area contributed by atoms with E-state index in [2.05, 4.69) is 20.8 Å². The molecule has 0 unspecified atom stereocenters. The van der Waals surface area contributed by atoms with Gasteiger partial charge in [-0.2, -0.15) is 0 Å². The third-order valence-electron chi connectivity index (χ3n) is 2.96. The Balaban J connectivity index is 0.00000220. The summed E-state index contributed by atoms with van der Waals surface area (Å²) in [6.07, 6.45) is 2.15. The van der Waals surface area contributed by atoms with Crippen LogP contribution >= 0.6 is 24.8 Å². The molecule has 0 bridgehead atoms. The van der Waals surface area contributed by atoms with E-state index in [0.717, 1.165) is 23.6 Å². The lowest BCUT2D eigenvalue weighted by Gasteiger charge is -2.08. The van der Waals surface area contributed by atoms with Crippen molar-refractivity contribution < 1.29 is 4.79 Å². The first-order chi connectivity index (χ1) is 9.74. The lowest BCUT2D eigenvalue weighted by Crippen LogP contribution is -2.18. The summed E-state index contributed by atoms with van der Waals surface area (Å²) in [7, 11) is 1.82. The van der Waals surface area contributed by atoms with E-state index in [4.69, 9.17) is 0 Å². The zero-order valence-corrected chi connectivity index (χ0v) is 14.2. The summed E-state index contributed by atoms with van der Waals surface area (Å²) in [5.41, 5.74) is 1.71. The van der Waals surface area contributed by atoms with Crippen molar-refractivity contribution >= 4 is 36.4 Å². The normalized spacial score (nSPS) is 9.55. The van der Waals surface area contributed by atoms with Crippen LogP contribution in [0.3, 0.4) is 0 Å². The molecule has 0 aliphatic heterocycles. The number of hydrogen-bond donors (Lipinski definition) is 2. The highest BCUT2D eigenvalue weighted by Gasteiger charge is 2.08. The van der Waals surface area contributed by atoms with Crippen molar-refractivity contribution in [1.29, 1.82) is 0 Å². The summed E-state index contributed by atoms with van der Waals surface area (Å²) in [5.74, 6) is 0.798. The second kappa shape index (κ2) is 10.2. The molecule has 122 valence electrons. The molecule has 0 saturated carbocycles. The van der Waals surface area contributed by atoms with Crippen LogP contribution in [-0.4, -0.2) is 34.3 Å². The van der Waals surface area contributed by atoms with Crippen molar-refractivity contribution in [1.82, 2.24) is 20.1 Å². The number of aromatic nitrogens is 3. The Morgan fingerprint density at radius 2 is 2.09 bits per heavy atom. The first-order valence-electron chi connectivity index (χ1n) is 6.67. The number of carbonyl (C=O) groups is 1. The van der Waals surface area contributed by atoms with Gasteiger partial charge in [-0.1, -0.05) is 12.1 Å². The fourth-order valence-corrected chi connectivity index (χ4v) is 1.91. The fraction of sp³-hybridized carbons (Fsp3) is 0.357. The van der Waals surface area contributed by atoms with Crippen LogP contribution in [0.1, 0.15) is 13.3 Å². The average Bonchev–Trinajstić information content (AvgIpc) is 2.94. The topological polar surface area (TPSA) is 71.8 Å². The van der Waals surface area contributed by atoms with Gasteiger partial charge in [0.1, 0.15) is 6.33 Å². The van der Waals surface area contributed by atoms with Gasteiger partial charge in [-0.15, -0.1) is 35.0 Å². The Kier molecular flexibility index (Phi) is 9.40. The fourth-order valence-electron chi connectivity index (χ4n) is 1.91. The number of hydrogen-bond acceptors (Lipinski definition) is 4. The molecule has 0 fully saturated rings. The highest BCUT2D eigenvalue weighted by molar-refractivity contribution is 5.91. The number of benzene rings is 1. The minimum Gasteiger partial charge on any atom is -0.326 e. The van der Waals surface area contributed by atoms with E-state index < -0.39 is 0 Å². The first-order valence-corrected chi connectivity index (χ1v) is 6.67. The van der Waals surface area contributed by atoms with Crippen LogP contribution in [0, 0.1) is 0 Å². The van der Waals surface area contributed by atoms with Gasteiger partial charge in [-0.05, 0) is 26.1 Å². The van der Waals surface area contributed by atoms with Gasteiger partial charge in [0.15, 0.2) is 5.82 Å². The number of nitrogens with one attached hydrogen (secondary N) is 2. The minimum absolute atomic E-state index is 0. The van der Waals surface area contributed by atoms with Gasteiger partial charge in [0.05, 0.1) is 0 Å². The predicted molar refractivity (Wildman–Crippen MR) is 92.8 cm³/mol. The maximum absolute atomic E-state index is 11.7. The minimum atomic E-state index is -0.00606. The summed E-state index contributed by atoms with van der Waals surface area (Å²) in [6, 6.07) is 7.64. The molecule has 22 heavy (non-hydrogen) atoms. The Bertz CT molecular complexity index is 588. The van der Waals surface area contributed by atoms with Crippen LogP contribution in [0.4, 0.5) is 5.69 Å². The van der Waals surface area contributed by atoms with Crippen LogP contribution in [0.15, 0.2) is 30.6 Å². The third-order valence-corrected chi connectivity index (χ3v) is 2.96. The maximum atomic E-state index is 11.7. The van der Waals surface area contributed by atoms with Crippen molar-refractivity contribution in [3.05, 3.63) is 30.6 Å². The molecule has 0 saturated heterocycles. The Labute approximate surface area is 142 Å². The Morgan fingerprint density at radius 1 is 1.32 bits per heavy atom. The number of nitrogens with zero attached hydrogens (tertiary/aromatic N) is 3. The molecule has 6 nitrogen and oxygen atoms in total. The molecule has 0 spiro atoms. The number of anilines is 1. The Hall–Kier alpha value is -1.63. The van der Waals surface area contributed by atoms with E-state index in [1.54, 1.807) is 6.33 Å². The SMILES string of the molecule is CCn1cnnc1-c1cccc(NC(=O)CCNC)c1.Cl.Cl. The van der Waals surface area contributed by atoms with Crippen LogP contribution in [0.25, 0.3) is 11.4 Å². The summed E-state index contributed by atoms with van der Waals surface area (Å²) < 4.78 is 1.96. The largest absolute Gasteiger partial charge is 0.326 e. The highest BCUT2D eigenvalue weighted by Crippen LogP contribution is 2.20. The lowest BCUT2D eigenvalue weighted by molar-refractivity contribution is -0.116. The van der Waals surface area contributed by atoms with Gasteiger partial charge in [0.25, 0.3) is 0 Å². The maximum Gasteiger partial charge on any atom is 0.225 e. The summed E-state index contributed by atoms with van der Waals surface area (Å²) in [5, 5.41) is 13.9. The quantitative estimate of drug-likeness (QED) is 0.842. The molecule has 2 aromatic rings. The van der Waals surface area contributed by atoms with E-state index in [-0.39, 0.29) is 30.7 Å². The van der Waals surface area contributed by atoms with Crippen molar-refractivity contribution in [3.63, 3.8) is 0 Å². The van der Waals surface area contributed by atoms with Crippen molar-refractivity contribution in [2.24, 2.45) is 0 Å². The van der Waals surface area contributed by atoms with Crippen LogP contribution in [0.2, 0.25) is 0 Å². The molecule has 0 radical (unpaired) electrons. The lowest BCUT2D eigenvalue weighted by atomic mass is 10.2. The number of halogens is 2. The molecule has 1 amide bonds. The summed E-state index contributed by atoms with van der Waals surface area (Å²) in [4.78, 5) is 11.7. The van der Waals surface area contributed by atoms with Crippen LogP contribution in [0.5, 0.6) is 0 Å². The zero-order chi connectivity index (χ0) is 14.4. The molecule has 1 aromatic carbocycles. The van der Waals surface area contributed by atoms with Crippen molar-refractivity contribution in [3.8, 4) is 11.4 Å². The smallest absolute Gasteiger partial charge is 0.225 e. The number of amides is 1. The molecule has 0 aliphatic carbocycles. The molecule has 1 heterocycles. The van der Waals surface area contributed by atoms with E-state index in [1.165, 1.54) is 0 Å². The molecule has 0 atom stereocenters. The molecule has 2 N–H and O–H groups in total. The zero-order valence-electron chi connectivity index (χ0n) is 12.6. The van der Waals surface area contributed by atoms with E-state index in [0.29, 0.717) is 13.0 Å². The predicted octanol–water partition coefficient (Wildman–Crippen LogP) is 2.36. The second-order valence-electron chi connectivity index (χ2n) is 4.42. The van der Waals surface area contributed by atoms with E-state index in [1.807, 2.05) is 42.8 Å². The van der Waals surface area contributed by atoms with Gasteiger partial charge >= 0.3 is 0 Å². The molecule has 8 heteroatoms.